The summed E-state index contributed by atoms with van der Waals surface area (Å²) < 4.78 is 56.4. The first-order chi connectivity index (χ1) is 23.8. The summed E-state index contributed by atoms with van der Waals surface area (Å²) in [5.41, 5.74) is 6.30. The fourth-order valence-corrected chi connectivity index (χ4v) is 8.20. The van der Waals surface area contributed by atoms with E-state index < -0.39 is 26.5 Å². The van der Waals surface area contributed by atoms with E-state index in [-0.39, 0.29) is 53.1 Å². The number of benzene rings is 2. The Balaban J connectivity index is 1.37. The van der Waals surface area contributed by atoms with E-state index >= 15 is 0 Å². The van der Waals surface area contributed by atoms with Crippen LogP contribution in [0.5, 0.6) is 5.88 Å². The highest BCUT2D eigenvalue weighted by Gasteiger charge is 2.36. The molecule has 0 saturated heterocycles. The van der Waals surface area contributed by atoms with Crippen molar-refractivity contribution in [1.29, 1.82) is 0 Å². The normalized spacial score (nSPS) is 17.4. The van der Waals surface area contributed by atoms with E-state index in [0.29, 0.717) is 13.0 Å². The molecule has 0 radical (unpaired) electrons. The quantitative estimate of drug-likeness (QED) is 0.154. The second-order valence-corrected chi connectivity index (χ2v) is 16.3. The molecule has 1 amide bonds. The van der Waals surface area contributed by atoms with Crippen LogP contribution in [0.15, 0.2) is 71.1 Å². The van der Waals surface area contributed by atoms with E-state index in [1.807, 2.05) is 62.7 Å². The zero-order chi connectivity index (χ0) is 35.8. The molecule has 264 valence electrons. The summed E-state index contributed by atoms with van der Waals surface area (Å²) in [6.07, 6.45) is 5.47. The maximum absolute atomic E-state index is 13.6. The van der Waals surface area contributed by atoms with Crippen molar-refractivity contribution in [2.24, 2.45) is 0 Å². The summed E-state index contributed by atoms with van der Waals surface area (Å²) >= 11 is 0. The van der Waals surface area contributed by atoms with Gasteiger partial charge in [0.2, 0.25) is 26.8 Å². The van der Waals surface area contributed by atoms with Gasteiger partial charge in [-0.3, -0.25) is 13.9 Å². The number of aryl methyl sites for hydroxylation is 3. The number of pyridine rings is 1. The maximum atomic E-state index is 13.6. The number of rotatable bonds is 10. The molecular weight excluding hydrogens is 681 g/mol. The van der Waals surface area contributed by atoms with Gasteiger partial charge < -0.3 is 10.1 Å². The van der Waals surface area contributed by atoms with Crippen LogP contribution in [0.1, 0.15) is 60.4 Å². The Morgan fingerprint density at radius 1 is 1.10 bits per heavy atom. The molecule has 1 aliphatic heterocycles. The number of ether oxygens (including phenoxy) is 1. The van der Waals surface area contributed by atoms with Crippen molar-refractivity contribution in [3.63, 3.8) is 0 Å². The number of carbonyl (C=O) groups excluding carboxylic acids is 1. The Morgan fingerprint density at radius 3 is 2.56 bits per heavy atom. The third kappa shape index (κ3) is 7.07. The van der Waals surface area contributed by atoms with Gasteiger partial charge in [0.15, 0.2) is 0 Å². The lowest BCUT2D eigenvalue weighted by Crippen LogP contribution is -2.34. The number of carbonyl (C=O) groups is 1. The zero-order valence-electron chi connectivity index (χ0n) is 28.4. The Labute approximate surface area is 292 Å². The van der Waals surface area contributed by atoms with Crippen LogP contribution < -0.4 is 10.1 Å². The Hall–Kier alpha value is -4.48. The molecule has 3 N–H and O–H groups in total. The molecule has 14 nitrogen and oxygen atoms in total. The average molecular weight is 721 g/mol. The molecule has 0 spiro atoms. The highest BCUT2D eigenvalue weighted by Crippen LogP contribution is 2.57. The van der Waals surface area contributed by atoms with Gasteiger partial charge in [-0.1, -0.05) is 36.4 Å². The van der Waals surface area contributed by atoms with E-state index in [1.54, 1.807) is 22.6 Å². The molecule has 0 saturated carbocycles. The molecule has 50 heavy (non-hydrogen) atoms. The van der Waals surface area contributed by atoms with Crippen LogP contribution in [0.25, 0.3) is 11.0 Å². The molecule has 16 heteroatoms. The zero-order valence-corrected chi connectivity index (χ0v) is 30.1. The van der Waals surface area contributed by atoms with Crippen molar-refractivity contribution < 1.29 is 27.1 Å². The number of sulfone groups is 1. The van der Waals surface area contributed by atoms with Gasteiger partial charge in [0.05, 0.1) is 30.1 Å². The highest BCUT2D eigenvalue weighted by molar-refractivity contribution is 8.22. The number of nitrogens with one attached hydrogen (secondary N) is 1. The summed E-state index contributed by atoms with van der Waals surface area (Å²) in [5.74, 6) is -0.554. The number of aromatic nitrogens is 6. The van der Waals surface area contributed by atoms with Gasteiger partial charge in [0.25, 0.3) is 0 Å². The lowest BCUT2D eigenvalue weighted by Gasteiger charge is -2.41. The predicted octanol–water partition coefficient (Wildman–Crippen LogP) is 5.51. The van der Waals surface area contributed by atoms with Crippen LogP contribution in [0.3, 0.4) is 0 Å². The van der Waals surface area contributed by atoms with E-state index in [1.165, 1.54) is 12.4 Å². The summed E-state index contributed by atoms with van der Waals surface area (Å²) in [5, 5.41) is 11.2. The van der Waals surface area contributed by atoms with Crippen LogP contribution in [0.2, 0.25) is 0 Å². The topological polar surface area (TPSA) is 186 Å². The fraction of sp³-hybridized carbons (Fsp3) is 0.353. The lowest BCUT2D eigenvalue weighted by atomic mass is 9.84. The minimum Gasteiger partial charge on any atom is -0.472 e. The molecule has 0 bridgehead atoms. The van der Waals surface area contributed by atoms with Gasteiger partial charge in [-0.05, 0) is 73.2 Å². The Bertz CT molecular complexity index is 2160. The number of amides is 1. The number of hydrogen-bond acceptors (Lipinski definition) is 12. The van der Waals surface area contributed by atoms with Gasteiger partial charge >= 0.3 is 0 Å². The van der Waals surface area contributed by atoms with Crippen LogP contribution in [-0.2, 0) is 27.7 Å². The molecule has 1 aliphatic rings. The van der Waals surface area contributed by atoms with Crippen LogP contribution in [0.4, 0.5) is 5.69 Å². The first-order valence-corrected chi connectivity index (χ1v) is 19.6. The number of hydrogen-bond donors (Lipinski definition) is 3. The van der Waals surface area contributed by atoms with Gasteiger partial charge in [0, 0.05) is 37.9 Å². The molecule has 0 unspecified atom stereocenters. The standard InChI is InChI=1S/C34H40N8O6S2/c1-6-26-20-41(50(46,47)30-9-8-14-35-33(30)48-26)19-24-15-23(11-10-21(24)3)28(27-12-13-29-32(22(27)4)39-40-42(29)7-2)16-31(43)38-25-17-36-34(37-18-25)49(5,44)45/h8-15,17-18,26,28,46-47H,6-7,16,19-20H2,1-5H3,(H,38,43)/t26-,28+/m1/s1. The van der Waals surface area contributed by atoms with Crippen molar-refractivity contribution in [1.82, 2.24) is 34.3 Å². The minimum absolute atomic E-state index is 0.0221. The van der Waals surface area contributed by atoms with E-state index in [2.05, 4.69) is 30.6 Å². The fourth-order valence-electron chi connectivity index (χ4n) is 6.14. The summed E-state index contributed by atoms with van der Waals surface area (Å²) in [6.45, 7) is 9.04. The van der Waals surface area contributed by atoms with Gasteiger partial charge in [-0.2, -0.15) is 4.31 Å². The first kappa shape index (κ1) is 35.3. The van der Waals surface area contributed by atoms with Gasteiger partial charge in [-0.25, -0.2) is 28.1 Å². The number of anilines is 1. The van der Waals surface area contributed by atoms with E-state index in [9.17, 15) is 22.3 Å². The highest BCUT2D eigenvalue weighted by atomic mass is 32.3. The van der Waals surface area contributed by atoms with E-state index in [4.69, 9.17) is 4.74 Å². The summed E-state index contributed by atoms with van der Waals surface area (Å²) in [7, 11) is -7.05. The first-order valence-electron chi connectivity index (χ1n) is 16.2. The van der Waals surface area contributed by atoms with Crippen LogP contribution in [0, 0.1) is 13.8 Å². The van der Waals surface area contributed by atoms with E-state index in [0.717, 1.165) is 45.1 Å². The third-order valence-corrected chi connectivity index (χ3v) is 11.7. The lowest BCUT2D eigenvalue weighted by molar-refractivity contribution is -0.116. The monoisotopic (exact) mass is 720 g/mol. The maximum Gasteiger partial charge on any atom is 0.246 e. The Kier molecular flexibility index (Phi) is 9.92. The molecule has 2 aromatic carbocycles. The van der Waals surface area contributed by atoms with Crippen molar-refractivity contribution in [3.8, 4) is 5.88 Å². The SMILES string of the molecule is CC[C@@H]1CN(Cc2cc([C@H](CC(=O)Nc3cnc(S(C)(=O)=O)nc3)c3ccc4c(nnn4CC)c3C)ccc2C)S(O)(O)c2cccnc2O1. The second-order valence-electron chi connectivity index (χ2n) is 12.4. The van der Waals surface area contributed by atoms with Gasteiger partial charge in [-0.15, -0.1) is 15.9 Å². The minimum atomic E-state index is -3.60. The molecule has 5 aromatic rings. The largest absolute Gasteiger partial charge is 0.472 e. The molecule has 6 rings (SSSR count). The Morgan fingerprint density at radius 2 is 1.86 bits per heavy atom. The molecular formula is C34H40N8O6S2. The van der Waals surface area contributed by atoms with Gasteiger partial charge in [0.1, 0.15) is 16.5 Å². The predicted molar refractivity (Wildman–Crippen MR) is 190 cm³/mol. The molecule has 4 heterocycles. The summed E-state index contributed by atoms with van der Waals surface area (Å²) in [6, 6.07) is 13.2. The molecule has 0 fully saturated rings. The molecule has 3 aromatic heterocycles. The molecule has 0 aliphatic carbocycles. The number of nitrogens with zero attached hydrogens (tertiary/aromatic N) is 7. The van der Waals surface area contributed by atoms with Crippen molar-refractivity contribution in [2.75, 3.05) is 18.1 Å². The van der Waals surface area contributed by atoms with Crippen molar-refractivity contribution in [2.45, 2.75) is 75.7 Å². The van der Waals surface area contributed by atoms with Crippen molar-refractivity contribution in [3.05, 3.63) is 88.9 Å². The smallest absolute Gasteiger partial charge is 0.246 e. The average Bonchev–Trinajstić information content (AvgIpc) is 3.47. The second kappa shape index (κ2) is 14.0. The van der Waals surface area contributed by atoms with Crippen LogP contribution >= 0.6 is 10.8 Å². The number of fused-ring (bicyclic) bond motifs is 2. The van der Waals surface area contributed by atoms with Crippen molar-refractivity contribution >= 4 is 43.2 Å². The third-order valence-electron chi connectivity index (χ3n) is 8.94. The summed E-state index contributed by atoms with van der Waals surface area (Å²) in [4.78, 5) is 26.0. The molecule has 2 atom stereocenters. The van der Waals surface area contributed by atoms with Crippen LogP contribution in [-0.4, -0.2) is 76.6 Å².